The van der Waals surface area contributed by atoms with E-state index in [9.17, 15) is 10.2 Å². The third kappa shape index (κ3) is 2.60. The lowest BCUT2D eigenvalue weighted by atomic mass is 9.84. The van der Waals surface area contributed by atoms with Crippen molar-refractivity contribution in [2.75, 3.05) is 37.8 Å². The Morgan fingerprint density at radius 1 is 1.28 bits per heavy atom. The minimum atomic E-state index is -0.438. The molecule has 0 radical (unpaired) electrons. The lowest BCUT2D eigenvalue weighted by molar-refractivity contribution is 0.122. The van der Waals surface area contributed by atoms with Crippen molar-refractivity contribution >= 4 is 5.69 Å². The van der Waals surface area contributed by atoms with Crippen molar-refractivity contribution in [2.24, 2.45) is 0 Å². The van der Waals surface area contributed by atoms with Crippen LogP contribution in [0.5, 0.6) is 5.75 Å². The highest BCUT2D eigenvalue weighted by Crippen LogP contribution is 2.34. The number of morpholine rings is 1. The van der Waals surface area contributed by atoms with Crippen LogP contribution in [-0.2, 0) is 10.2 Å². The van der Waals surface area contributed by atoms with E-state index in [2.05, 4.69) is 4.90 Å². The normalized spacial score (nSPS) is 16.9. The number of benzene rings is 1. The molecule has 0 unspecified atom stereocenters. The second-order valence-electron chi connectivity index (χ2n) is 5.34. The molecule has 0 bridgehead atoms. The Morgan fingerprint density at radius 3 is 2.56 bits per heavy atom. The fourth-order valence-corrected chi connectivity index (χ4v) is 2.17. The summed E-state index contributed by atoms with van der Waals surface area (Å²) in [5, 5.41) is 19.4. The van der Waals surface area contributed by atoms with Gasteiger partial charge in [0.2, 0.25) is 0 Å². The molecule has 0 saturated carbocycles. The Balaban J connectivity index is 2.31. The average molecular weight is 251 g/mol. The van der Waals surface area contributed by atoms with Crippen molar-refractivity contribution in [3.8, 4) is 5.75 Å². The van der Waals surface area contributed by atoms with E-state index < -0.39 is 5.41 Å². The van der Waals surface area contributed by atoms with Gasteiger partial charge in [-0.3, -0.25) is 0 Å². The van der Waals surface area contributed by atoms with Crippen LogP contribution < -0.4 is 4.90 Å². The van der Waals surface area contributed by atoms with Crippen molar-refractivity contribution in [1.82, 2.24) is 0 Å². The highest BCUT2D eigenvalue weighted by Gasteiger charge is 2.24. The molecule has 2 N–H and O–H groups in total. The summed E-state index contributed by atoms with van der Waals surface area (Å²) < 4.78 is 5.33. The monoisotopic (exact) mass is 251 g/mol. The fourth-order valence-electron chi connectivity index (χ4n) is 2.17. The largest absolute Gasteiger partial charge is 0.508 e. The molecule has 1 fully saturated rings. The van der Waals surface area contributed by atoms with Crippen LogP contribution in [0.3, 0.4) is 0 Å². The van der Waals surface area contributed by atoms with Crippen LogP contribution in [0.1, 0.15) is 19.4 Å². The van der Waals surface area contributed by atoms with Gasteiger partial charge in [-0.05, 0) is 18.2 Å². The molecule has 0 aliphatic carbocycles. The number of aliphatic hydroxyl groups excluding tert-OH is 1. The summed E-state index contributed by atoms with van der Waals surface area (Å²) in [6.45, 7) is 7.05. The van der Waals surface area contributed by atoms with Crippen LogP contribution in [0, 0.1) is 0 Å². The summed E-state index contributed by atoms with van der Waals surface area (Å²) in [5.41, 5.74) is 1.42. The van der Waals surface area contributed by atoms with Crippen molar-refractivity contribution in [1.29, 1.82) is 0 Å². The number of ether oxygens (including phenoxy) is 1. The van der Waals surface area contributed by atoms with E-state index in [4.69, 9.17) is 4.74 Å². The molecule has 100 valence electrons. The first kappa shape index (κ1) is 13.2. The number of hydrogen-bond donors (Lipinski definition) is 2. The maximum absolute atomic E-state index is 9.95. The molecule has 4 nitrogen and oxygen atoms in total. The van der Waals surface area contributed by atoms with Crippen LogP contribution in [-0.4, -0.2) is 43.1 Å². The van der Waals surface area contributed by atoms with Gasteiger partial charge in [0, 0.05) is 29.8 Å². The first-order valence-electron chi connectivity index (χ1n) is 6.31. The maximum Gasteiger partial charge on any atom is 0.119 e. The van der Waals surface area contributed by atoms with E-state index in [0.29, 0.717) is 0 Å². The van der Waals surface area contributed by atoms with E-state index in [1.54, 1.807) is 6.07 Å². The summed E-state index contributed by atoms with van der Waals surface area (Å²) in [5.74, 6) is 0.242. The molecule has 2 rings (SSSR count). The number of anilines is 1. The van der Waals surface area contributed by atoms with E-state index in [-0.39, 0.29) is 12.4 Å². The molecule has 1 heterocycles. The summed E-state index contributed by atoms with van der Waals surface area (Å²) in [6, 6.07) is 5.59. The van der Waals surface area contributed by atoms with Gasteiger partial charge in [0.25, 0.3) is 0 Å². The number of phenols is 1. The number of rotatable bonds is 3. The average Bonchev–Trinajstić information content (AvgIpc) is 2.40. The van der Waals surface area contributed by atoms with Gasteiger partial charge < -0.3 is 19.8 Å². The van der Waals surface area contributed by atoms with Gasteiger partial charge in [0.1, 0.15) is 5.75 Å². The first-order chi connectivity index (χ1) is 8.54. The van der Waals surface area contributed by atoms with Gasteiger partial charge in [-0.15, -0.1) is 0 Å². The van der Waals surface area contributed by atoms with Crippen LogP contribution in [0.15, 0.2) is 18.2 Å². The Kier molecular flexibility index (Phi) is 3.78. The lowest BCUT2D eigenvalue weighted by Gasteiger charge is -2.31. The third-order valence-electron chi connectivity index (χ3n) is 3.48. The standard InChI is InChI=1S/C14H21NO3/c1-14(2,10-16)12-9-11(3-4-13(12)17)15-5-7-18-8-6-15/h3-4,9,16-17H,5-8,10H2,1-2H3. The second-order valence-corrected chi connectivity index (χ2v) is 5.34. The Labute approximate surface area is 108 Å². The molecule has 4 heteroatoms. The molecule has 1 saturated heterocycles. The SMILES string of the molecule is CC(C)(CO)c1cc(N2CCOCC2)ccc1O. The third-order valence-corrected chi connectivity index (χ3v) is 3.48. The Hall–Kier alpha value is -1.26. The van der Waals surface area contributed by atoms with Crippen molar-refractivity contribution < 1.29 is 14.9 Å². The van der Waals surface area contributed by atoms with Gasteiger partial charge >= 0.3 is 0 Å². The predicted molar refractivity (Wildman–Crippen MR) is 71.3 cm³/mol. The van der Waals surface area contributed by atoms with Crippen molar-refractivity contribution in [3.63, 3.8) is 0 Å². The number of hydrogen-bond acceptors (Lipinski definition) is 4. The topological polar surface area (TPSA) is 52.9 Å². The van der Waals surface area contributed by atoms with E-state index >= 15 is 0 Å². The highest BCUT2D eigenvalue weighted by molar-refractivity contribution is 5.55. The molecule has 0 atom stereocenters. The number of nitrogens with zero attached hydrogens (tertiary/aromatic N) is 1. The minimum Gasteiger partial charge on any atom is -0.508 e. The Bertz CT molecular complexity index is 412. The van der Waals surface area contributed by atoms with E-state index in [0.717, 1.165) is 37.6 Å². The van der Waals surface area contributed by atoms with Crippen LogP contribution in [0.2, 0.25) is 0 Å². The zero-order valence-electron chi connectivity index (χ0n) is 11.0. The van der Waals surface area contributed by atoms with Crippen molar-refractivity contribution in [2.45, 2.75) is 19.3 Å². The number of phenolic OH excluding ortho intramolecular Hbond substituents is 1. The predicted octanol–water partition coefficient (Wildman–Crippen LogP) is 1.50. The van der Waals surface area contributed by atoms with Gasteiger partial charge in [-0.2, -0.15) is 0 Å². The summed E-state index contributed by atoms with van der Waals surface area (Å²) in [7, 11) is 0. The summed E-state index contributed by atoms with van der Waals surface area (Å²) in [6.07, 6.45) is 0. The molecule has 0 aromatic heterocycles. The zero-order valence-corrected chi connectivity index (χ0v) is 11.0. The zero-order chi connectivity index (χ0) is 13.2. The highest BCUT2D eigenvalue weighted by atomic mass is 16.5. The van der Waals surface area contributed by atoms with E-state index in [1.807, 2.05) is 26.0 Å². The molecule has 1 aromatic carbocycles. The molecule has 0 spiro atoms. The number of aromatic hydroxyl groups is 1. The maximum atomic E-state index is 9.95. The van der Waals surface area contributed by atoms with Gasteiger partial charge in [-0.1, -0.05) is 13.8 Å². The van der Waals surface area contributed by atoms with Crippen LogP contribution >= 0.6 is 0 Å². The summed E-state index contributed by atoms with van der Waals surface area (Å²) >= 11 is 0. The molecule has 1 aliphatic rings. The quantitative estimate of drug-likeness (QED) is 0.855. The molecule has 18 heavy (non-hydrogen) atoms. The first-order valence-corrected chi connectivity index (χ1v) is 6.31. The molecule has 1 aromatic rings. The smallest absolute Gasteiger partial charge is 0.119 e. The van der Waals surface area contributed by atoms with Crippen molar-refractivity contribution in [3.05, 3.63) is 23.8 Å². The van der Waals surface area contributed by atoms with Crippen LogP contribution in [0.25, 0.3) is 0 Å². The van der Waals surface area contributed by atoms with Gasteiger partial charge in [0.05, 0.1) is 19.8 Å². The molecule has 1 aliphatic heterocycles. The Morgan fingerprint density at radius 2 is 1.94 bits per heavy atom. The molecular formula is C14H21NO3. The second kappa shape index (κ2) is 5.16. The van der Waals surface area contributed by atoms with E-state index in [1.165, 1.54) is 0 Å². The van der Waals surface area contributed by atoms with Crippen LogP contribution in [0.4, 0.5) is 5.69 Å². The fraction of sp³-hybridized carbons (Fsp3) is 0.571. The molecular weight excluding hydrogens is 230 g/mol. The lowest BCUT2D eigenvalue weighted by Crippen LogP contribution is -2.36. The molecule has 0 amide bonds. The summed E-state index contributed by atoms with van der Waals surface area (Å²) in [4.78, 5) is 2.24. The number of aliphatic hydroxyl groups is 1. The van der Waals surface area contributed by atoms with Gasteiger partial charge in [-0.25, -0.2) is 0 Å². The van der Waals surface area contributed by atoms with Gasteiger partial charge in [0.15, 0.2) is 0 Å². The minimum absolute atomic E-state index is 0.00707.